The molecule has 3 heterocycles. The lowest BCUT2D eigenvalue weighted by molar-refractivity contribution is 0.0963. The van der Waals surface area contributed by atoms with E-state index in [1.165, 1.54) is 0 Å². The summed E-state index contributed by atoms with van der Waals surface area (Å²) in [6.07, 6.45) is 1.65. The zero-order valence-electron chi connectivity index (χ0n) is 12.7. The Hall–Kier alpha value is -3.07. The molecule has 0 saturated carbocycles. The third-order valence-corrected chi connectivity index (χ3v) is 4.61. The molecule has 3 aromatic rings. The van der Waals surface area contributed by atoms with Crippen molar-refractivity contribution in [1.82, 2.24) is 15.3 Å². The Morgan fingerprint density at radius 3 is 3.08 bits per heavy atom. The van der Waals surface area contributed by atoms with Gasteiger partial charge in [-0.05, 0) is 18.2 Å². The van der Waals surface area contributed by atoms with E-state index in [9.17, 15) is 9.59 Å². The zero-order valence-corrected chi connectivity index (χ0v) is 13.5. The van der Waals surface area contributed by atoms with Crippen LogP contribution in [0.25, 0.3) is 10.2 Å². The number of thiazole rings is 1. The molecule has 2 aromatic heterocycles. The monoisotopic (exact) mass is 342 g/mol. The van der Waals surface area contributed by atoms with Crippen LogP contribution >= 0.6 is 11.3 Å². The van der Waals surface area contributed by atoms with Gasteiger partial charge in [-0.25, -0.2) is 4.99 Å². The van der Waals surface area contributed by atoms with Gasteiger partial charge in [-0.15, -0.1) is 0 Å². The van der Waals surface area contributed by atoms with Gasteiger partial charge in [0.05, 0.1) is 21.3 Å². The summed E-state index contributed by atoms with van der Waals surface area (Å²) >= 11 is 1.15. The fraction of sp³-hybridized carbons (Fsp3) is 0.133. The minimum atomic E-state index is -0.190. The Balaban J connectivity index is 1.72. The number of fused-ring (bicyclic) bond motifs is 2. The minimum absolute atomic E-state index is 0.0869. The van der Waals surface area contributed by atoms with Crippen LogP contribution in [0, 0.1) is 0 Å². The first-order valence-corrected chi connectivity index (χ1v) is 8.09. The molecule has 5 N–H and O–H groups in total. The van der Waals surface area contributed by atoms with E-state index in [0.29, 0.717) is 23.6 Å². The molecule has 1 amide bonds. The number of hydrogen-bond donors (Lipinski definition) is 5. The summed E-state index contributed by atoms with van der Waals surface area (Å²) in [4.78, 5) is 33.6. The number of nitrogens with one attached hydrogen (secondary N) is 5. The molecule has 0 unspecified atom stereocenters. The molecule has 1 aromatic carbocycles. The van der Waals surface area contributed by atoms with E-state index >= 15 is 0 Å². The fourth-order valence-electron chi connectivity index (χ4n) is 2.66. The number of anilines is 2. The number of hydrogen-bond acceptors (Lipinski definition) is 6. The van der Waals surface area contributed by atoms with Crippen LogP contribution in [0.4, 0.5) is 11.5 Å². The molecule has 0 saturated heterocycles. The summed E-state index contributed by atoms with van der Waals surface area (Å²) in [6, 6.07) is 5.59. The molecule has 1 aliphatic heterocycles. The van der Waals surface area contributed by atoms with Crippen molar-refractivity contribution in [3.8, 4) is 0 Å². The predicted octanol–water partition coefficient (Wildman–Crippen LogP) is 1.52. The number of aromatic nitrogens is 2. The van der Waals surface area contributed by atoms with E-state index in [1.54, 1.807) is 13.2 Å². The van der Waals surface area contributed by atoms with E-state index in [4.69, 9.17) is 0 Å². The summed E-state index contributed by atoms with van der Waals surface area (Å²) < 4.78 is 0.861. The average molecular weight is 342 g/mol. The highest BCUT2D eigenvalue weighted by Gasteiger charge is 2.23. The number of carbonyl (C=O) groups is 1. The van der Waals surface area contributed by atoms with E-state index in [2.05, 4.69) is 30.9 Å². The number of amidine groups is 1. The van der Waals surface area contributed by atoms with E-state index in [0.717, 1.165) is 33.1 Å². The number of amides is 1. The van der Waals surface area contributed by atoms with Crippen LogP contribution in [0.1, 0.15) is 15.9 Å². The number of aromatic amines is 2. The smallest absolute Gasteiger partial charge is 0.305 e. The fourth-order valence-corrected chi connectivity index (χ4v) is 3.44. The van der Waals surface area contributed by atoms with Gasteiger partial charge in [0, 0.05) is 18.9 Å². The van der Waals surface area contributed by atoms with Gasteiger partial charge in [0.1, 0.15) is 18.3 Å². The molecular weight excluding hydrogens is 328 g/mol. The first kappa shape index (κ1) is 14.5. The number of nitrogens with zero attached hydrogens (tertiary/aromatic N) is 1. The normalized spacial score (nSPS) is 13.1. The van der Waals surface area contributed by atoms with Gasteiger partial charge >= 0.3 is 4.87 Å². The van der Waals surface area contributed by atoms with Crippen molar-refractivity contribution in [1.29, 1.82) is 0 Å². The van der Waals surface area contributed by atoms with Crippen molar-refractivity contribution < 1.29 is 4.79 Å². The van der Waals surface area contributed by atoms with Crippen molar-refractivity contribution >= 4 is 44.8 Å². The Kier molecular flexibility index (Phi) is 3.35. The standard InChI is InChI=1S/C15H14N6O2S/c1-16-14(22)8-5-17-12-11(8)13(19-6-18-12)20-7-2-3-9-10(4-7)24-15(23)21-9/h2-5,17-18H,6H2,1H3,(H,16,22)(H,19,20)(H,21,23). The molecule has 4 rings (SSSR count). The highest BCUT2D eigenvalue weighted by Crippen LogP contribution is 2.26. The Bertz CT molecular complexity index is 1030. The molecule has 0 bridgehead atoms. The Morgan fingerprint density at radius 2 is 2.25 bits per heavy atom. The lowest BCUT2D eigenvalue weighted by Gasteiger charge is -2.17. The summed E-state index contributed by atoms with van der Waals surface area (Å²) in [6.45, 7) is 0.406. The number of carbonyl (C=O) groups excluding carboxylic acids is 1. The lowest BCUT2D eigenvalue weighted by atomic mass is 10.1. The van der Waals surface area contributed by atoms with Crippen molar-refractivity contribution in [2.45, 2.75) is 0 Å². The van der Waals surface area contributed by atoms with E-state index in [1.807, 2.05) is 18.2 Å². The third kappa shape index (κ3) is 2.35. The van der Waals surface area contributed by atoms with Crippen LogP contribution in [-0.2, 0) is 0 Å². The maximum atomic E-state index is 12.0. The van der Waals surface area contributed by atoms with Gasteiger partial charge in [0.25, 0.3) is 5.91 Å². The summed E-state index contributed by atoms with van der Waals surface area (Å²) in [5, 5.41) is 8.97. The Labute approximate surface area is 140 Å². The quantitative estimate of drug-likeness (QED) is 0.486. The minimum Gasteiger partial charge on any atom is -0.355 e. The maximum Gasteiger partial charge on any atom is 0.305 e. The molecule has 122 valence electrons. The molecule has 0 fully saturated rings. The van der Waals surface area contributed by atoms with Gasteiger partial charge < -0.3 is 25.9 Å². The second kappa shape index (κ2) is 5.53. The summed E-state index contributed by atoms with van der Waals surface area (Å²) in [5.74, 6) is 1.16. The zero-order chi connectivity index (χ0) is 16.7. The molecule has 0 radical (unpaired) electrons. The van der Waals surface area contributed by atoms with Crippen LogP contribution in [0.3, 0.4) is 0 Å². The maximum absolute atomic E-state index is 12.0. The molecule has 1 aliphatic rings. The van der Waals surface area contributed by atoms with Crippen molar-refractivity contribution in [2.24, 2.45) is 4.99 Å². The number of rotatable bonds is 2. The lowest BCUT2D eigenvalue weighted by Crippen LogP contribution is -2.26. The topological polar surface area (TPSA) is 114 Å². The predicted molar refractivity (Wildman–Crippen MR) is 95.3 cm³/mol. The highest BCUT2D eigenvalue weighted by atomic mass is 32.1. The van der Waals surface area contributed by atoms with Crippen LogP contribution in [-0.4, -0.2) is 35.4 Å². The average Bonchev–Trinajstić information content (AvgIpc) is 3.17. The summed E-state index contributed by atoms with van der Waals surface area (Å²) in [5.41, 5.74) is 2.81. The number of benzene rings is 1. The van der Waals surface area contributed by atoms with Gasteiger partial charge in [0.15, 0.2) is 0 Å². The molecule has 8 nitrogen and oxygen atoms in total. The number of aliphatic imine (C=N–C) groups is 1. The largest absolute Gasteiger partial charge is 0.355 e. The van der Waals surface area contributed by atoms with E-state index in [-0.39, 0.29) is 10.8 Å². The first-order valence-electron chi connectivity index (χ1n) is 7.28. The van der Waals surface area contributed by atoms with Gasteiger partial charge in [-0.2, -0.15) is 0 Å². The summed E-state index contributed by atoms with van der Waals surface area (Å²) in [7, 11) is 1.59. The molecule has 0 aliphatic carbocycles. The second-order valence-electron chi connectivity index (χ2n) is 5.22. The third-order valence-electron chi connectivity index (χ3n) is 3.77. The molecular formula is C15H14N6O2S. The van der Waals surface area contributed by atoms with E-state index < -0.39 is 0 Å². The first-order chi connectivity index (χ1) is 11.7. The van der Waals surface area contributed by atoms with Crippen molar-refractivity contribution in [3.05, 3.63) is 45.2 Å². The molecule has 0 atom stereocenters. The van der Waals surface area contributed by atoms with Gasteiger partial charge in [-0.1, -0.05) is 11.3 Å². The number of H-pyrrole nitrogens is 2. The van der Waals surface area contributed by atoms with Crippen LogP contribution < -0.4 is 20.8 Å². The SMILES string of the molecule is CNC(=O)c1c[nH]c2c1C(Nc1ccc3[nH]c(=O)sc3c1)=NCN2. The Morgan fingerprint density at radius 1 is 1.38 bits per heavy atom. The molecule has 0 spiro atoms. The molecule has 9 heteroatoms. The van der Waals surface area contributed by atoms with Crippen LogP contribution in [0.5, 0.6) is 0 Å². The molecule has 24 heavy (non-hydrogen) atoms. The van der Waals surface area contributed by atoms with Crippen molar-refractivity contribution in [2.75, 3.05) is 24.3 Å². The van der Waals surface area contributed by atoms with Gasteiger partial charge in [0.2, 0.25) is 0 Å². The highest BCUT2D eigenvalue weighted by molar-refractivity contribution is 7.16. The second-order valence-corrected chi connectivity index (χ2v) is 6.24. The van der Waals surface area contributed by atoms with Crippen LogP contribution in [0.2, 0.25) is 0 Å². The van der Waals surface area contributed by atoms with Gasteiger partial charge in [-0.3, -0.25) is 9.59 Å². The van der Waals surface area contributed by atoms with Crippen molar-refractivity contribution in [3.63, 3.8) is 0 Å². The van der Waals surface area contributed by atoms with Crippen LogP contribution in [0.15, 0.2) is 34.2 Å².